The molecular weight excluding hydrogens is 379 g/mol. The number of esters is 1. The zero-order chi connectivity index (χ0) is 15.4. The van der Waals surface area contributed by atoms with Gasteiger partial charge in [0.1, 0.15) is 0 Å². The van der Waals surface area contributed by atoms with Gasteiger partial charge in [0.05, 0.1) is 5.56 Å². The van der Waals surface area contributed by atoms with Crippen molar-refractivity contribution in [2.24, 2.45) is 0 Å². The fourth-order valence-electron chi connectivity index (χ4n) is 2.04. The molecule has 0 radical (unpaired) electrons. The molecule has 4 heteroatoms. The van der Waals surface area contributed by atoms with Crippen LogP contribution in [0.5, 0.6) is 0 Å². The standard InChI is InChI=1S/C17H15IO3/c1-11-7-8-13(12(2)9-11)16(19)10-21-17(20)14-5-3-4-6-15(14)18/h3-9H,10H2,1-2H3. The maximum atomic E-state index is 12.1. The van der Waals surface area contributed by atoms with Gasteiger partial charge in [-0.05, 0) is 54.1 Å². The SMILES string of the molecule is Cc1ccc(C(=O)COC(=O)c2ccccc2I)c(C)c1. The van der Waals surface area contributed by atoms with Crippen LogP contribution in [0.25, 0.3) is 0 Å². The van der Waals surface area contributed by atoms with Gasteiger partial charge in [-0.15, -0.1) is 0 Å². The summed E-state index contributed by atoms with van der Waals surface area (Å²) >= 11 is 2.07. The predicted molar refractivity (Wildman–Crippen MR) is 89.7 cm³/mol. The van der Waals surface area contributed by atoms with Crippen LogP contribution in [0, 0.1) is 17.4 Å². The number of halogens is 1. The largest absolute Gasteiger partial charge is 0.454 e. The van der Waals surface area contributed by atoms with Gasteiger partial charge in [-0.3, -0.25) is 4.79 Å². The number of hydrogen-bond donors (Lipinski definition) is 0. The second kappa shape index (κ2) is 6.85. The summed E-state index contributed by atoms with van der Waals surface area (Å²) in [6.45, 7) is 3.61. The van der Waals surface area contributed by atoms with E-state index in [-0.39, 0.29) is 12.4 Å². The number of carbonyl (C=O) groups excluding carboxylic acids is 2. The molecule has 0 aliphatic heterocycles. The lowest BCUT2D eigenvalue weighted by Gasteiger charge is -2.08. The summed E-state index contributed by atoms with van der Waals surface area (Å²) in [5.41, 5.74) is 3.06. The van der Waals surface area contributed by atoms with Gasteiger partial charge in [0.25, 0.3) is 0 Å². The molecule has 0 unspecified atom stereocenters. The number of ketones is 1. The van der Waals surface area contributed by atoms with Gasteiger partial charge in [-0.1, -0.05) is 35.9 Å². The van der Waals surface area contributed by atoms with E-state index in [4.69, 9.17) is 4.74 Å². The zero-order valence-corrected chi connectivity index (χ0v) is 14.0. The number of carbonyl (C=O) groups is 2. The van der Waals surface area contributed by atoms with Gasteiger partial charge in [0.2, 0.25) is 5.78 Å². The lowest BCUT2D eigenvalue weighted by Crippen LogP contribution is -2.16. The van der Waals surface area contributed by atoms with Crippen LogP contribution in [-0.2, 0) is 4.74 Å². The number of ether oxygens (including phenoxy) is 1. The molecule has 0 heterocycles. The smallest absolute Gasteiger partial charge is 0.339 e. The summed E-state index contributed by atoms with van der Waals surface area (Å²) < 4.78 is 5.92. The van der Waals surface area contributed by atoms with E-state index in [0.717, 1.165) is 14.7 Å². The van der Waals surface area contributed by atoms with Crippen molar-refractivity contribution in [1.82, 2.24) is 0 Å². The summed E-state index contributed by atoms with van der Waals surface area (Å²) in [7, 11) is 0. The molecule has 2 rings (SSSR count). The lowest BCUT2D eigenvalue weighted by atomic mass is 10.0. The van der Waals surface area contributed by atoms with Crippen molar-refractivity contribution >= 4 is 34.3 Å². The highest BCUT2D eigenvalue weighted by Gasteiger charge is 2.15. The molecule has 2 aromatic rings. The van der Waals surface area contributed by atoms with Crippen LogP contribution in [0.1, 0.15) is 31.8 Å². The first kappa shape index (κ1) is 15.7. The fourth-order valence-corrected chi connectivity index (χ4v) is 2.65. The Morgan fingerprint density at radius 3 is 2.43 bits per heavy atom. The first-order valence-electron chi connectivity index (χ1n) is 6.51. The molecule has 0 atom stereocenters. The third-order valence-electron chi connectivity index (χ3n) is 3.11. The maximum Gasteiger partial charge on any atom is 0.339 e. The monoisotopic (exact) mass is 394 g/mol. The van der Waals surface area contributed by atoms with E-state index in [1.54, 1.807) is 18.2 Å². The topological polar surface area (TPSA) is 43.4 Å². The average molecular weight is 394 g/mol. The van der Waals surface area contributed by atoms with E-state index in [2.05, 4.69) is 22.6 Å². The molecule has 0 aliphatic rings. The number of rotatable bonds is 4. The van der Waals surface area contributed by atoms with Gasteiger partial charge < -0.3 is 4.74 Å². The molecule has 0 N–H and O–H groups in total. The molecule has 0 aliphatic carbocycles. The molecular formula is C17H15IO3. The van der Waals surface area contributed by atoms with Crippen LogP contribution >= 0.6 is 22.6 Å². The number of benzene rings is 2. The third kappa shape index (κ3) is 3.91. The average Bonchev–Trinajstić information content (AvgIpc) is 2.45. The first-order valence-corrected chi connectivity index (χ1v) is 7.59. The Labute approximate surface area is 137 Å². The quantitative estimate of drug-likeness (QED) is 0.448. The Kier molecular flexibility index (Phi) is 5.12. The van der Waals surface area contributed by atoms with E-state index in [1.165, 1.54) is 0 Å². The molecule has 2 aromatic carbocycles. The van der Waals surface area contributed by atoms with E-state index < -0.39 is 5.97 Å². The highest BCUT2D eigenvalue weighted by molar-refractivity contribution is 14.1. The van der Waals surface area contributed by atoms with Crippen LogP contribution in [0.2, 0.25) is 0 Å². The highest BCUT2D eigenvalue weighted by Crippen LogP contribution is 2.14. The van der Waals surface area contributed by atoms with Crippen LogP contribution in [0.15, 0.2) is 42.5 Å². The molecule has 108 valence electrons. The first-order chi connectivity index (χ1) is 9.99. The van der Waals surface area contributed by atoms with Gasteiger partial charge in [0.15, 0.2) is 6.61 Å². The van der Waals surface area contributed by atoms with Crippen molar-refractivity contribution < 1.29 is 14.3 Å². The minimum absolute atomic E-state index is 0.188. The van der Waals surface area contributed by atoms with Crippen LogP contribution in [0.3, 0.4) is 0 Å². The zero-order valence-electron chi connectivity index (χ0n) is 11.9. The lowest BCUT2D eigenvalue weighted by molar-refractivity contribution is 0.0473. The molecule has 3 nitrogen and oxygen atoms in total. The van der Waals surface area contributed by atoms with Crippen molar-refractivity contribution in [3.8, 4) is 0 Å². The summed E-state index contributed by atoms with van der Waals surface area (Å²) in [5.74, 6) is -0.662. The molecule has 0 amide bonds. The Morgan fingerprint density at radius 2 is 1.76 bits per heavy atom. The van der Waals surface area contributed by atoms with Crippen LogP contribution in [-0.4, -0.2) is 18.4 Å². The number of aryl methyl sites for hydroxylation is 2. The minimum atomic E-state index is -0.474. The number of Topliss-reactive ketones (excluding diaryl/α,β-unsaturated/α-hetero) is 1. The Morgan fingerprint density at radius 1 is 1.05 bits per heavy atom. The summed E-state index contributed by atoms with van der Waals surface area (Å²) in [6, 6.07) is 12.7. The van der Waals surface area contributed by atoms with Crippen molar-refractivity contribution in [1.29, 1.82) is 0 Å². The van der Waals surface area contributed by atoms with Crippen molar-refractivity contribution in [2.75, 3.05) is 6.61 Å². The summed E-state index contributed by atoms with van der Waals surface area (Å²) in [6.07, 6.45) is 0. The Balaban J connectivity index is 2.04. The van der Waals surface area contributed by atoms with E-state index in [1.807, 2.05) is 38.1 Å². The normalized spacial score (nSPS) is 10.2. The van der Waals surface area contributed by atoms with E-state index in [0.29, 0.717) is 11.1 Å². The molecule has 21 heavy (non-hydrogen) atoms. The minimum Gasteiger partial charge on any atom is -0.454 e. The summed E-state index contributed by atoms with van der Waals surface area (Å²) in [5, 5.41) is 0. The molecule has 0 bridgehead atoms. The van der Waals surface area contributed by atoms with Gasteiger partial charge in [-0.25, -0.2) is 4.79 Å². The van der Waals surface area contributed by atoms with Crippen molar-refractivity contribution in [2.45, 2.75) is 13.8 Å². The van der Waals surface area contributed by atoms with Gasteiger partial charge in [-0.2, -0.15) is 0 Å². The number of hydrogen-bond acceptors (Lipinski definition) is 3. The Bertz CT molecular complexity index is 692. The predicted octanol–water partition coefficient (Wildman–Crippen LogP) is 3.95. The Hall–Kier alpha value is -1.69. The molecule has 0 aromatic heterocycles. The molecule has 0 saturated carbocycles. The molecule has 0 fully saturated rings. The van der Waals surface area contributed by atoms with Gasteiger partial charge in [0, 0.05) is 9.13 Å². The highest BCUT2D eigenvalue weighted by atomic mass is 127. The second-order valence-electron chi connectivity index (χ2n) is 4.80. The summed E-state index contributed by atoms with van der Waals surface area (Å²) in [4.78, 5) is 24.1. The second-order valence-corrected chi connectivity index (χ2v) is 5.96. The molecule has 0 saturated heterocycles. The van der Waals surface area contributed by atoms with E-state index >= 15 is 0 Å². The molecule has 0 spiro atoms. The fraction of sp³-hybridized carbons (Fsp3) is 0.176. The third-order valence-corrected chi connectivity index (χ3v) is 4.05. The van der Waals surface area contributed by atoms with Crippen LogP contribution in [0.4, 0.5) is 0 Å². The van der Waals surface area contributed by atoms with E-state index in [9.17, 15) is 9.59 Å². The van der Waals surface area contributed by atoms with Gasteiger partial charge >= 0.3 is 5.97 Å². The van der Waals surface area contributed by atoms with Crippen LogP contribution < -0.4 is 0 Å². The maximum absolute atomic E-state index is 12.1. The van der Waals surface area contributed by atoms with Crippen molar-refractivity contribution in [3.05, 3.63) is 68.3 Å². The van der Waals surface area contributed by atoms with Crippen molar-refractivity contribution in [3.63, 3.8) is 0 Å².